The van der Waals surface area contributed by atoms with Crippen molar-refractivity contribution < 1.29 is 13.2 Å². The average Bonchev–Trinajstić information content (AvgIpc) is 3.23. The summed E-state index contributed by atoms with van der Waals surface area (Å²) < 4.78 is 25.7. The number of halogens is 2. The van der Waals surface area contributed by atoms with Crippen LogP contribution in [0.3, 0.4) is 0 Å². The molecule has 2 amide bonds. The zero-order chi connectivity index (χ0) is 23.6. The molecule has 0 saturated heterocycles. The summed E-state index contributed by atoms with van der Waals surface area (Å²) in [5.74, 6) is -0.0779. The average molecular weight is 504 g/mol. The fraction of sp³-hybridized carbons (Fsp3) is 0.208. The van der Waals surface area contributed by atoms with Crippen LogP contribution in [-0.2, 0) is 22.0 Å². The van der Waals surface area contributed by atoms with Crippen molar-refractivity contribution in [1.82, 2.24) is 5.32 Å². The third kappa shape index (κ3) is 5.43. The van der Waals surface area contributed by atoms with Crippen molar-refractivity contribution in [2.45, 2.75) is 30.0 Å². The number of hydrogen-bond acceptors (Lipinski definition) is 4. The second kappa shape index (κ2) is 9.63. The SMILES string of the molecule is C[C@H](NC(=O)Nc1ccc(S(=O)(=O)Cc2ccc3c(c2)CCN3)cc1)c1cccc(Cl)c1Cl. The minimum absolute atomic E-state index is 0.0779. The van der Waals surface area contributed by atoms with Crippen molar-refractivity contribution in [1.29, 1.82) is 0 Å². The fourth-order valence-electron chi connectivity index (χ4n) is 3.79. The minimum Gasteiger partial charge on any atom is -0.384 e. The number of hydrogen-bond donors (Lipinski definition) is 3. The highest BCUT2D eigenvalue weighted by molar-refractivity contribution is 7.90. The van der Waals surface area contributed by atoms with Crippen LogP contribution in [0.15, 0.2) is 65.6 Å². The number of urea groups is 1. The summed E-state index contributed by atoms with van der Waals surface area (Å²) in [6, 6.07) is 16.2. The lowest BCUT2D eigenvalue weighted by molar-refractivity contribution is 0.249. The van der Waals surface area contributed by atoms with E-state index in [0.717, 1.165) is 29.8 Å². The highest BCUT2D eigenvalue weighted by Gasteiger charge is 2.18. The van der Waals surface area contributed by atoms with E-state index >= 15 is 0 Å². The second-order valence-corrected chi connectivity index (χ2v) is 10.7. The molecule has 0 aliphatic carbocycles. The third-order valence-electron chi connectivity index (χ3n) is 5.50. The van der Waals surface area contributed by atoms with E-state index in [-0.39, 0.29) is 16.7 Å². The molecular formula is C24H23Cl2N3O3S. The lowest BCUT2D eigenvalue weighted by Gasteiger charge is -2.17. The standard InChI is InChI=1S/C24H23Cl2N3O3S/c1-15(20-3-2-4-21(25)23(20)26)28-24(30)29-18-6-8-19(9-7-18)33(31,32)14-16-5-10-22-17(13-16)11-12-27-22/h2-10,13,15,27H,11-12,14H2,1H3,(H2,28,29,30)/t15-/m0/s1. The molecule has 0 unspecified atom stereocenters. The van der Waals surface area contributed by atoms with Gasteiger partial charge in [-0.05, 0) is 66.4 Å². The van der Waals surface area contributed by atoms with Crippen LogP contribution in [0.4, 0.5) is 16.2 Å². The molecule has 1 aliphatic heterocycles. The molecule has 6 nitrogen and oxygen atoms in total. The monoisotopic (exact) mass is 503 g/mol. The fourth-order valence-corrected chi connectivity index (χ4v) is 5.60. The summed E-state index contributed by atoms with van der Waals surface area (Å²) in [5.41, 5.74) is 4.13. The molecule has 172 valence electrons. The quantitative estimate of drug-likeness (QED) is 0.395. The van der Waals surface area contributed by atoms with Crippen LogP contribution in [0.25, 0.3) is 0 Å². The lowest BCUT2D eigenvalue weighted by Crippen LogP contribution is -2.31. The minimum atomic E-state index is -3.52. The first-order chi connectivity index (χ1) is 15.7. The molecule has 0 aromatic heterocycles. The molecule has 0 saturated carbocycles. The Hall–Kier alpha value is -2.74. The van der Waals surface area contributed by atoms with Crippen LogP contribution in [0.5, 0.6) is 0 Å². The first-order valence-electron chi connectivity index (χ1n) is 10.4. The molecule has 0 bridgehead atoms. The Morgan fingerprint density at radius 2 is 1.85 bits per heavy atom. The smallest absolute Gasteiger partial charge is 0.319 e. The lowest BCUT2D eigenvalue weighted by atomic mass is 10.1. The van der Waals surface area contributed by atoms with Gasteiger partial charge in [-0.2, -0.15) is 0 Å². The van der Waals surface area contributed by atoms with Crippen molar-refractivity contribution in [2.24, 2.45) is 0 Å². The molecule has 0 radical (unpaired) electrons. The summed E-state index contributed by atoms with van der Waals surface area (Å²) >= 11 is 12.3. The Morgan fingerprint density at radius 3 is 2.61 bits per heavy atom. The predicted molar refractivity (Wildman–Crippen MR) is 133 cm³/mol. The second-order valence-electron chi connectivity index (χ2n) is 7.91. The Morgan fingerprint density at radius 1 is 1.09 bits per heavy atom. The van der Waals surface area contributed by atoms with Gasteiger partial charge >= 0.3 is 6.03 Å². The third-order valence-corrected chi connectivity index (χ3v) is 8.04. The number of fused-ring (bicyclic) bond motifs is 1. The van der Waals surface area contributed by atoms with Crippen LogP contribution in [0.2, 0.25) is 10.0 Å². The summed E-state index contributed by atoms with van der Waals surface area (Å²) in [6.07, 6.45) is 0.897. The van der Waals surface area contributed by atoms with E-state index in [0.29, 0.717) is 21.3 Å². The van der Waals surface area contributed by atoms with Crippen LogP contribution in [0.1, 0.15) is 29.7 Å². The van der Waals surface area contributed by atoms with E-state index in [1.165, 1.54) is 12.1 Å². The highest BCUT2D eigenvalue weighted by atomic mass is 35.5. The number of sulfone groups is 1. The topological polar surface area (TPSA) is 87.3 Å². The summed E-state index contributed by atoms with van der Waals surface area (Å²) in [4.78, 5) is 12.6. The van der Waals surface area contributed by atoms with Crippen LogP contribution in [0, 0.1) is 0 Å². The molecule has 3 aromatic rings. The molecule has 4 rings (SSSR count). The number of amides is 2. The Bertz CT molecular complexity index is 1290. The van der Waals surface area contributed by atoms with Crippen LogP contribution < -0.4 is 16.0 Å². The summed E-state index contributed by atoms with van der Waals surface area (Å²) in [5, 5.41) is 9.57. The molecule has 1 aliphatic rings. The molecule has 1 atom stereocenters. The van der Waals surface area contributed by atoms with E-state index in [1.54, 1.807) is 37.3 Å². The van der Waals surface area contributed by atoms with Crippen molar-refractivity contribution in [2.75, 3.05) is 17.2 Å². The van der Waals surface area contributed by atoms with E-state index in [9.17, 15) is 13.2 Å². The number of rotatable bonds is 6. The number of nitrogens with one attached hydrogen (secondary N) is 3. The number of anilines is 2. The molecule has 33 heavy (non-hydrogen) atoms. The van der Waals surface area contributed by atoms with Gasteiger partial charge in [0.15, 0.2) is 9.84 Å². The highest BCUT2D eigenvalue weighted by Crippen LogP contribution is 2.30. The maximum absolute atomic E-state index is 12.9. The largest absolute Gasteiger partial charge is 0.384 e. The first-order valence-corrected chi connectivity index (χ1v) is 12.8. The molecule has 3 N–H and O–H groups in total. The maximum atomic E-state index is 12.9. The van der Waals surface area contributed by atoms with Gasteiger partial charge in [0, 0.05) is 17.9 Å². The predicted octanol–water partition coefficient (Wildman–Crippen LogP) is 5.82. The number of carbonyl (C=O) groups excluding carboxylic acids is 1. The number of carbonyl (C=O) groups is 1. The van der Waals surface area contributed by atoms with E-state index < -0.39 is 15.9 Å². The molecular weight excluding hydrogens is 481 g/mol. The normalized spacial score (nSPS) is 13.7. The molecule has 0 spiro atoms. The van der Waals surface area contributed by atoms with E-state index in [1.807, 2.05) is 18.2 Å². The molecule has 9 heteroatoms. The van der Waals surface area contributed by atoms with Gasteiger partial charge < -0.3 is 16.0 Å². The number of benzene rings is 3. The van der Waals surface area contributed by atoms with E-state index in [4.69, 9.17) is 23.2 Å². The van der Waals surface area contributed by atoms with Crippen molar-refractivity contribution in [3.05, 3.63) is 87.4 Å². The van der Waals surface area contributed by atoms with Crippen LogP contribution >= 0.6 is 23.2 Å². The zero-order valence-electron chi connectivity index (χ0n) is 17.9. The van der Waals surface area contributed by atoms with Gasteiger partial charge in [0.1, 0.15) is 0 Å². The zero-order valence-corrected chi connectivity index (χ0v) is 20.2. The Labute approximate surface area is 203 Å². The van der Waals surface area contributed by atoms with Gasteiger partial charge in [-0.15, -0.1) is 0 Å². The van der Waals surface area contributed by atoms with Gasteiger partial charge in [0.25, 0.3) is 0 Å². The van der Waals surface area contributed by atoms with Crippen LogP contribution in [-0.4, -0.2) is 21.0 Å². The van der Waals surface area contributed by atoms with Gasteiger partial charge in [-0.1, -0.05) is 47.5 Å². The van der Waals surface area contributed by atoms with Crippen molar-refractivity contribution >= 4 is 50.4 Å². The Kier molecular flexibility index (Phi) is 6.83. The van der Waals surface area contributed by atoms with Gasteiger partial charge in [-0.3, -0.25) is 0 Å². The van der Waals surface area contributed by atoms with E-state index in [2.05, 4.69) is 16.0 Å². The maximum Gasteiger partial charge on any atom is 0.319 e. The molecule has 3 aromatic carbocycles. The molecule has 1 heterocycles. The first kappa shape index (κ1) is 23.4. The van der Waals surface area contributed by atoms with Gasteiger partial charge in [0.2, 0.25) is 0 Å². The van der Waals surface area contributed by atoms with Crippen molar-refractivity contribution in [3.63, 3.8) is 0 Å². The Balaban J connectivity index is 1.39. The summed E-state index contributed by atoms with van der Waals surface area (Å²) in [6.45, 7) is 2.67. The van der Waals surface area contributed by atoms with Gasteiger partial charge in [0.05, 0.1) is 26.7 Å². The van der Waals surface area contributed by atoms with Gasteiger partial charge in [-0.25, -0.2) is 13.2 Å². The summed E-state index contributed by atoms with van der Waals surface area (Å²) in [7, 11) is -3.52. The van der Waals surface area contributed by atoms with Crippen molar-refractivity contribution in [3.8, 4) is 0 Å². The molecule has 0 fully saturated rings.